The molecule has 0 aromatic heterocycles. The number of likely N-dealkylation sites (N-methyl/N-ethyl adjacent to an activating group) is 1. The smallest absolute Gasteiger partial charge is 0.420 e. The lowest BCUT2D eigenvalue weighted by Gasteiger charge is -2.30. The second-order valence-corrected chi connectivity index (χ2v) is 14.2. The number of ether oxygens (including phenoxy) is 2. The molecule has 0 amide bonds. The van der Waals surface area contributed by atoms with Crippen LogP contribution in [0.3, 0.4) is 0 Å². The lowest BCUT2D eigenvalue weighted by molar-refractivity contribution is -0.169. The molecular formula is C31H41F5N2O6S. The Morgan fingerprint density at radius 1 is 1.09 bits per heavy atom. The molecule has 8 nitrogen and oxygen atoms in total. The van der Waals surface area contributed by atoms with Crippen LogP contribution in [0.4, 0.5) is 33.3 Å². The summed E-state index contributed by atoms with van der Waals surface area (Å²) in [7, 11) is -3.36. The Morgan fingerprint density at radius 2 is 1.71 bits per heavy atom. The number of carbonyl (C=O) groups excluding carboxylic acids is 1. The number of hydrogen-bond donors (Lipinski definition) is 1. The largest absolute Gasteiger partial charge is 0.490 e. The van der Waals surface area contributed by atoms with Crippen LogP contribution in [0.5, 0.6) is 5.75 Å². The number of esters is 1. The first-order chi connectivity index (χ1) is 20.7. The summed E-state index contributed by atoms with van der Waals surface area (Å²) in [5.74, 6) is -4.94. The van der Waals surface area contributed by atoms with Crippen molar-refractivity contribution in [3.8, 4) is 5.75 Å². The number of halogens is 5. The first-order valence-electron chi connectivity index (χ1n) is 14.6. The summed E-state index contributed by atoms with van der Waals surface area (Å²) in [5, 5.41) is 10.4. The summed E-state index contributed by atoms with van der Waals surface area (Å²) >= 11 is 0. The third kappa shape index (κ3) is 9.29. The van der Waals surface area contributed by atoms with E-state index in [0.29, 0.717) is 31.2 Å². The van der Waals surface area contributed by atoms with Crippen molar-refractivity contribution in [1.29, 1.82) is 0 Å². The molecule has 0 fully saturated rings. The zero-order chi connectivity index (χ0) is 34.0. The van der Waals surface area contributed by atoms with E-state index in [1.807, 2.05) is 13.8 Å². The van der Waals surface area contributed by atoms with Crippen molar-refractivity contribution in [3.63, 3.8) is 0 Å². The molecule has 1 unspecified atom stereocenters. The number of para-hydroxylation sites is 1. The van der Waals surface area contributed by atoms with Crippen molar-refractivity contribution in [2.75, 3.05) is 25.1 Å². The number of anilines is 2. The van der Waals surface area contributed by atoms with E-state index in [1.165, 1.54) is 11.9 Å². The van der Waals surface area contributed by atoms with E-state index >= 15 is 0 Å². The second kappa shape index (κ2) is 13.8. The summed E-state index contributed by atoms with van der Waals surface area (Å²) in [4.78, 5) is 13.4. The molecule has 1 N–H and O–H groups in total. The van der Waals surface area contributed by atoms with Gasteiger partial charge in [0.15, 0.2) is 6.10 Å². The van der Waals surface area contributed by atoms with Crippen molar-refractivity contribution in [1.82, 2.24) is 4.31 Å². The number of fused-ring (bicyclic) bond motifs is 1. The first kappa shape index (κ1) is 36.5. The van der Waals surface area contributed by atoms with Crippen molar-refractivity contribution in [2.24, 2.45) is 5.92 Å². The average molecular weight is 665 g/mol. The third-order valence-electron chi connectivity index (χ3n) is 7.79. The molecule has 0 bridgehead atoms. The highest BCUT2D eigenvalue weighted by Crippen LogP contribution is 2.46. The number of sulfonamides is 1. The molecule has 1 aliphatic rings. The number of nitrogens with zero attached hydrogens (tertiary/aromatic N) is 2. The number of hydrogen-bond acceptors (Lipinski definition) is 7. The van der Waals surface area contributed by atoms with Gasteiger partial charge < -0.3 is 19.5 Å². The van der Waals surface area contributed by atoms with Crippen molar-refractivity contribution in [2.45, 2.75) is 95.0 Å². The minimum absolute atomic E-state index is 0.198. The predicted octanol–water partition coefficient (Wildman–Crippen LogP) is 6.78. The van der Waals surface area contributed by atoms with Crippen LogP contribution < -0.4 is 9.64 Å². The van der Waals surface area contributed by atoms with Gasteiger partial charge in [-0.15, -0.1) is 0 Å². The zero-order valence-electron chi connectivity index (χ0n) is 26.2. The topological polar surface area (TPSA) is 96.4 Å². The maximum atomic E-state index is 14.4. The summed E-state index contributed by atoms with van der Waals surface area (Å²) in [6.45, 7) is 6.76. The standard InChI is InChI=1S/C31H41F5N2O6S/c1-7-20(2)17-29(3,4)44-28(40)25(39)19-43-26-16-27-24(15-23(26)31(34,35)36)38(21-11-9-8-10-12-21)18-22(13-14-30(5,32)33)37(6)45(27,41)42/h8-12,15-16,20,22,25,39H,7,13-14,17-19H2,1-6H3/t20?,22-,25-/m1/s1. The van der Waals surface area contributed by atoms with Crippen LogP contribution in [-0.2, 0) is 25.7 Å². The van der Waals surface area contributed by atoms with E-state index in [0.717, 1.165) is 10.7 Å². The van der Waals surface area contributed by atoms with Crippen molar-refractivity contribution in [3.05, 3.63) is 48.0 Å². The van der Waals surface area contributed by atoms with Gasteiger partial charge in [0.1, 0.15) is 22.9 Å². The molecular weight excluding hydrogens is 623 g/mol. The molecule has 0 radical (unpaired) electrons. The Bertz CT molecular complexity index is 1430. The van der Waals surface area contributed by atoms with Gasteiger partial charge in [-0.2, -0.15) is 17.5 Å². The maximum absolute atomic E-state index is 14.4. The Balaban J connectivity index is 2.05. The van der Waals surface area contributed by atoms with Gasteiger partial charge in [-0.25, -0.2) is 22.0 Å². The lowest BCUT2D eigenvalue weighted by Crippen LogP contribution is -2.41. The summed E-state index contributed by atoms with van der Waals surface area (Å²) in [6, 6.07) is 8.31. The van der Waals surface area contributed by atoms with Crippen molar-refractivity contribution < 1.29 is 49.7 Å². The van der Waals surface area contributed by atoms with Gasteiger partial charge in [-0.1, -0.05) is 38.5 Å². The number of alkyl halides is 5. The third-order valence-corrected chi connectivity index (χ3v) is 9.73. The molecule has 1 aliphatic heterocycles. The quantitative estimate of drug-likeness (QED) is 0.198. The second-order valence-electron chi connectivity index (χ2n) is 12.3. The van der Waals surface area contributed by atoms with Crippen LogP contribution in [-0.4, -0.2) is 67.7 Å². The van der Waals surface area contributed by atoms with Crippen LogP contribution in [0.15, 0.2) is 47.4 Å². The molecule has 2 aromatic carbocycles. The zero-order valence-corrected chi connectivity index (χ0v) is 27.0. The molecule has 0 saturated heterocycles. The van der Waals surface area contributed by atoms with E-state index in [9.17, 15) is 40.3 Å². The number of rotatable bonds is 12. The van der Waals surface area contributed by atoms with E-state index in [1.54, 1.807) is 44.2 Å². The summed E-state index contributed by atoms with van der Waals surface area (Å²) < 4.78 is 110. The van der Waals surface area contributed by atoms with Crippen LogP contribution in [0, 0.1) is 5.92 Å². The fraction of sp³-hybridized carbons (Fsp3) is 0.581. The minimum Gasteiger partial charge on any atom is -0.490 e. The van der Waals surface area contributed by atoms with Gasteiger partial charge in [0.25, 0.3) is 0 Å². The van der Waals surface area contributed by atoms with Gasteiger partial charge in [0, 0.05) is 37.8 Å². The Kier molecular flexibility index (Phi) is 11.2. The number of aliphatic hydroxyl groups excluding tert-OH is 1. The van der Waals surface area contributed by atoms with E-state index in [4.69, 9.17) is 9.47 Å². The van der Waals surface area contributed by atoms with Gasteiger partial charge in [0.2, 0.25) is 15.9 Å². The Morgan fingerprint density at radius 3 is 2.27 bits per heavy atom. The van der Waals surface area contributed by atoms with E-state index < -0.39 is 75.1 Å². The molecule has 0 saturated carbocycles. The van der Waals surface area contributed by atoms with Gasteiger partial charge in [-0.05, 0) is 57.7 Å². The Hall–Kier alpha value is -2.97. The van der Waals surface area contributed by atoms with Crippen LogP contribution in [0.2, 0.25) is 0 Å². The minimum atomic E-state index is -5.04. The van der Waals surface area contributed by atoms with Crippen LogP contribution >= 0.6 is 0 Å². The fourth-order valence-corrected chi connectivity index (χ4v) is 6.80. The molecule has 3 atom stereocenters. The summed E-state index contributed by atoms with van der Waals surface area (Å²) in [5.41, 5.74) is -2.30. The van der Waals surface area contributed by atoms with Gasteiger partial charge in [-0.3, -0.25) is 0 Å². The lowest BCUT2D eigenvalue weighted by atomic mass is 9.93. The summed E-state index contributed by atoms with van der Waals surface area (Å²) in [6.07, 6.45) is -6.64. The number of aliphatic hydroxyl groups is 1. The SMILES string of the molecule is CCC(C)CC(C)(C)OC(=O)[C@H](O)COc1cc2c(cc1C(F)(F)F)N(c1ccccc1)C[C@@H](CCC(C)(F)F)N(C)S2(=O)=O. The molecule has 3 rings (SSSR count). The molecule has 1 heterocycles. The first-order valence-corrected chi connectivity index (χ1v) is 16.1. The average Bonchev–Trinajstić information content (AvgIpc) is 3.01. The molecule has 2 aromatic rings. The van der Waals surface area contributed by atoms with Gasteiger partial charge in [0.05, 0.1) is 11.3 Å². The molecule has 14 heteroatoms. The van der Waals surface area contributed by atoms with Crippen LogP contribution in [0.1, 0.15) is 65.9 Å². The predicted molar refractivity (Wildman–Crippen MR) is 159 cm³/mol. The highest BCUT2D eigenvalue weighted by molar-refractivity contribution is 7.89. The number of carbonyl (C=O) groups is 1. The maximum Gasteiger partial charge on any atom is 0.420 e. The highest BCUT2D eigenvalue weighted by atomic mass is 32.2. The van der Waals surface area contributed by atoms with E-state index in [-0.39, 0.29) is 24.6 Å². The van der Waals surface area contributed by atoms with Gasteiger partial charge >= 0.3 is 12.1 Å². The molecule has 252 valence electrons. The normalized spacial score (nSPS) is 18.9. The van der Waals surface area contributed by atoms with Crippen LogP contribution in [0.25, 0.3) is 0 Å². The van der Waals surface area contributed by atoms with E-state index in [2.05, 4.69) is 0 Å². The monoisotopic (exact) mass is 664 g/mol. The fourth-order valence-electron chi connectivity index (χ4n) is 5.23. The number of benzene rings is 2. The van der Waals surface area contributed by atoms with Crippen molar-refractivity contribution >= 4 is 27.4 Å². The highest BCUT2D eigenvalue weighted by Gasteiger charge is 2.43. The molecule has 45 heavy (non-hydrogen) atoms. The molecule has 0 aliphatic carbocycles. The Labute approximate surface area is 261 Å². The molecule has 0 spiro atoms.